The summed E-state index contributed by atoms with van der Waals surface area (Å²) >= 11 is 0. The molecule has 1 aliphatic carbocycles. The number of halogens is 3. The van der Waals surface area contributed by atoms with Gasteiger partial charge in [-0.15, -0.1) is 0 Å². The molecule has 0 saturated carbocycles. The second-order valence-electron chi connectivity index (χ2n) is 4.40. The van der Waals surface area contributed by atoms with E-state index < -0.39 is 30.6 Å². The summed E-state index contributed by atoms with van der Waals surface area (Å²) in [6, 6.07) is 0. The van der Waals surface area contributed by atoms with Crippen LogP contribution in [0.5, 0.6) is 0 Å². The third-order valence-corrected chi connectivity index (χ3v) is 3.14. The molecule has 0 spiro atoms. The van der Waals surface area contributed by atoms with Gasteiger partial charge in [-0.05, 0) is 13.3 Å². The highest BCUT2D eigenvalue weighted by Crippen LogP contribution is 2.43. The van der Waals surface area contributed by atoms with Gasteiger partial charge in [-0.2, -0.15) is 13.2 Å². The zero-order chi connectivity index (χ0) is 14.2. The van der Waals surface area contributed by atoms with Crippen molar-refractivity contribution >= 4 is 5.97 Å². The number of esters is 1. The van der Waals surface area contributed by atoms with Gasteiger partial charge in [0.05, 0.1) is 18.6 Å². The number of ether oxygens (including phenoxy) is 1. The van der Waals surface area contributed by atoms with Crippen molar-refractivity contribution in [1.82, 2.24) is 0 Å². The van der Waals surface area contributed by atoms with Crippen molar-refractivity contribution in [3.63, 3.8) is 0 Å². The molecule has 4 nitrogen and oxygen atoms in total. The molecule has 1 N–H and O–H groups in total. The molecule has 2 atom stereocenters. The minimum atomic E-state index is -4.39. The van der Waals surface area contributed by atoms with Crippen molar-refractivity contribution in [3.8, 4) is 0 Å². The van der Waals surface area contributed by atoms with Crippen LogP contribution in [-0.4, -0.2) is 23.9 Å². The quantitative estimate of drug-likeness (QED) is 0.845. The minimum absolute atomic E-state index is 0.00382. The molecule has 0 aliphatic heterocycles. The molecule has 0 unspecified atom stereocenters. The minimum Gasteiger partial charge on any atom is -0.468 e. The van der Waals surface area contributed by atoms with Gasteiger partial charge >= 0.3 is 12.1 Å². The molecule has 1 aromatic heterocycles. The fourth-order valence-corrected chi connectivity index (χ4v) is 2.24. The largest absolute Gasteiger partial charge is 0.468 e. The van der Waals surface area contributed by atoms with Gasteiger partial charge in [0.15, 0.2) is 0 Å². The van der Waals surface area contributed by atoms with E-state index >= 15 is 0 Å². The van der Waals surface area contributed by atoms with Crippen molar-refractivity contribution in [1.29, 1.82) is 0 Å². The number of carbonyl (C=O) groups is 1. The summed E-state index contributed by atoms with van der Waals surface area (Å²) in [6.07, 6.45) is -5.55. The molecule has 19 heavy (non-hydrogen) atoms. The van der Waals surface area contributed by atoms with Gasteiger partial charge in [0.25, 0.3) is 0 Å². The topological polar surface area (TPSA) is 59.7 Å². The lowest BCUT2D eigenvalue weighted by Gasteiger charge is -2.27. The predicted octanol–water partition coefficient (Wildman–Crippen LogP) is 2.61. The lowest BCUT2D eigenvalue weighted by molar-refractivity contribution is -0.185. The Morgan fingerprint density at radius 2 is 2.26 bits per heavy atom. The van der Waals surface area contributed by atoms with E-state index in [2.05, 4.69) is 0 Å². The number of aliphatic hydroxyl groups excluding tert-OH is 1. The van der Waals surface area contributed by atoms with E-state index in [1.807, 2.05) is 0 Å². The average Bonchev–Trinajstić information content (AvgIpc) is 2.72. The van der Waals surface area contributed by atoms with E-state index in [-0.39, 0.29) is 29.9 Å². The van der Waals surface area contributed by atoms with Crippen LogP contribution in [0, 0.1) is 5.92 Å². The normalized spacial score (nSPS) is 23.0. The number of aliphatic hydroxyl groups is 1. The first-order valence-electron chi connectivity index (χ1n) is 5.86. The van der Waals surface area contributed by atoms with Crippen LogP contribution in [-0.2, 0) is 11.2 Å². The Bertz CT molecular complexity index is 478. The highest BCUT2D eigenvalue weighted by atomic mass is 19.4. The van der Waals surface area contributed by atoms with Crippen molar-refractivity contribution < 1.29 is 32.2 Å². The summed E-state index contributed by atoms with van der Waals surface area (Å²) in [7, 11) is 0. The summed E-state index contributed by atoms with van der Waals surface area (Å²) < 4.78 is 47.7. The van der Waals surface area contributed by atoms with E-state index in [1.165, 1.54) is 0 Å². The van der Waals surface area contributed by atoms with E-state index in [0.717, 1.165) is 6.26 Å². The average molecular weight is 278 g/mol. The molecule has 0 aromatic carbocycles. The number of carbonyl (C=O) groups excluding carboxylic acids is 1. The maximum atomic E-state index is 12.7. The second kappa shape index (κ2) is 4.88. The van der Waals surface area contributed by atoms with Gasteiger partial charge in [-0.1, -0.05) is 0 Å². The Labute approximate surface area is 107 Å². The zero-order valence-electron chi connectivity index (χ0n) is 10.2. The summed E-state index contributed by atoms with van der Waals surface area (Å²) in [5.41, 5.74) is 0.129. The third-order valence-electron chi connectivity index (χ3n) is 3.14. The van der Waals surface area contributed by atoms with Gasteiger partial charge in [0.2, 0.25) is 0 Å². The lowest BCUT2D eigenvalue weighted by Crippen LogP contribution is -2.31. The molecular weight excluding hydrogens is 265 g/mol. The molecule has 2 rings (SSSR count). The monoisotopic (exact) mass is 278 g/mol. The Balaban J connectivity index is 2.30. The van der Waals surface area contributed by atoms with E-state index in [9.17, 15) is 23.1 Å². The number of fused-ring (bicyclic) bond motifs is 1. The van der Waals surface area contributed by atoms with Crippen molar-refractivity contribution in [2.24, 2.45) is 5.92 Å². The van der Waals surface area contributed by atoms with Gasteiger partial charge < -0.3 is 14.3 Å². The van der Waals surface area contributed by atoms with Gasteiger partial charge in [0.1, 0.15) is 17.6 Å². The summed E-state index contributed by atoms with van der Waals surface area (Å²) in [6.45, 7) is 1.75. The summed E-state index contributed by atoms with van der Waals surface area (Å²) in [4.78, 5) is 11.6. The molecule has 0 amide bonds. The summed E-state index contributed by atoms with van der Waals surface area (Å²) in [5.74, 6) is -2.35. The second-order valence-corrected chi connectivity index (χ2v) is 4.40. The van der Waals surface area contributed by atoms with E-state index in [1.54, 1.807) is 6.92 Å². The van der Waals surface area contributed by atoms with Crippen molar-refractivity contribution in [3.05, 3.63) is 23.2 Å². The van der Waals surface area contributed by atoms with Gasteiger partial charge in [-0.25, -0.2) is 4.79 Å². The van der Waals surface area contributed by atoms with Crippen LogP contribution in [0.15, 0.2) is 10.7 Å². The van der Waals surface area contributed by atoms with Crippen LogP contribution in [0.3, 0.4) is 0 Å². The summed E-state index contributed by atoms with van der Waals surface area (Å²) in [5, 5.41) is 9.81. The standard InChI is InChI=1S/C12H13F3O4/c1-2-18-11(17)7-5-19-9-4-6(12(13,14)15)3-8(16)10(7)9/h5-6,8,16H,2-4H2,1H3/t6-,8-/m0/s1. The smallest absolute Gasteiger partial charge is 0.392 e. The maximum Gasteiger partial charge on any atom is 0.392 e. The molecule has 0 fully saturated rings. The molecule has 0 radical (unpaired) electrons. The first-order valence-corrected chi connectivity index (χ1v) is 5.86. The lowest BCUT2D eigenvalue weighted by atomic mass is 9.84. The zero-order valence-corrected chi connectivity index (χ0v) is 10.2. The molecule has 106 valence electrons. The van der Waals surface area contributed by atoms with Gasteiger partial charge in [-0.3, -0.25) is 0 Å². The third kappa shape index (κ3) is 2.60. The molecule has 1 heterocycles. The fraction of sp³-hybridized carbons (Fsp3) is 0.583. The number of alkyl halides is 3. The van der Waals surface area contributed by atoms with Crippen molar-refractivity contribution in [2.75, 3.05) is 6.61 Å². The van der Waals surface area contributed by atoms with Crippen molar-refractivity contribution in [2.45, 2.75) is 32.0 Å². The molecular formula is C12H13F3O4. The first-order chi connectivity index (χ1) is 8.84. The van der Waals surface area contributed by atoms with Crippen LogP contribution in [0.4, 0.5) is 13.2 Å². The molecule has 7 heteroatoms. The molecule has 1 aliphatic rings. The van der Waals surface area contributed by atoms with Crippen LogP contribution < -0.4 is 0 Å². The molecule has 1 aromatic rings. The number of hydrogen-bond acceptors (Lipinski definition) is 4. The number of hydrogen-bond donors (Lipinski definition) is 1. The molecule has 0 saturated heterocycles. The number of furan rings is 1. The highest BCUT2D eigenvalue weighted by Gasteiger charge is 2.46. The Kier molecular flexibility index (Phi) is 3.58. The highest BCUT2D eigenvalue weighted by molar-refractivity contribution is 5.91. The van der Waals surface area contributed by atoms with Crippen LogP contribution in [0.25, 0.3) is 0 Å². The van der Waals surface area contributed by atoms with Gasteiger partial charge in [0, 0.05) is 12.0 Å². The first kappa shape index (κ1) is 13.9. The van der Waals surface area contributed by atoms with E-state index in [4.69, 9.17) is 9.15 Å². The predicted molar refractivity (Wildman–Crippen MR) is 57.5 cm³/mol. The Morgan fingerprint density at radius 1 is 1.58 bits per heavy atom. The Hall–Kier alpha value is -1.50. The Morgan fingerprint density at radius 3 is 2.84 bits per heavy atom. The fourth-order valence-electron chi connectivity index (χ4n) is 2.24. The number of rotatable bonds is 2. The molecule has 0 bridgehead atoms. The van der Waals surface area contributed by atoms with E-state index in [0.29, 0.717) is 0 Å². The maximum absolute atomic E-state index is 12.7. The van der Waals surface area contributed by atoms with Crippen LogP contribution in [0.1, 0.15) is 41.1 Å². The van der Waals surface area contributed by atoms with Crippen LogP contribution >= 0.6 is 0 Å². The SMILES string of the molecule is CCOC(=O)c1coc2c1[C@@H](O)C[C@H](C(F)(F)F)C2. The van der Waals surface area contributed by atoms with Crippen LogP contribution in [0.2, 0.25) is 0 Å².